The Morgan fingerprint density at radius 1 is 1.00 bits per heavy atom. The fourth-order valence-electron chi connectivity index (χ4n) is 2.19. The highest BCUT2D eigenvalue weighted by molar-refractivity contribution is 6.06. The van der Waals surface area contributed by atoms with Crippen LogP contribution in [0.25, 0.3) is 6.08 Å². The molecule has 0 bridgehead atoms. The van der Waals surface area contributed by atoms with E-state index in [0.29, 0.717) is 22.7 Å². The Balaban J connectivity index is 2.19. The van der Waals surface area contributed by atoms with E-state index >= 15 is 0 Å². The molecule has 6 nitrogen and oxygen atoms in total. The predicted molar refractivity (Wildman–Crippen MR) is 95.0 cm³/mol. The fourth-order valence-corrected chi connectivity index (χ4v) is 2.19. The average molecular weight is 341 g/mol. The van der Waals surface area contributed by atoms with Crippen molar-refractivity contribution in [3.63, 3.8) is 0 Å². The molecule has 2 aromatic carbocycles. The zero-order valence-corrected chi connectivity index (χ0v) is 14.2. The Hall–Kier alpha value is -3.28. The van der Waals surface area contributed by atoms with Crippen LogP contribution in [-0.4, -0.2) is 33.2 Å². The maximum atomic E-state index is 12.2. The van der Waals surface area contributed by atoms with E-state index in [1.807, 2.05) is 0 Å². The first-order valence-electron chi connectivity index (χ1n) is 7.47. The quantitative estimate of drug-likeness (QED) is 0.645. The predicted octanol–water partition coefficient (Wildman–Crippen LogP) is 3.14. The molecule has 0 radical (unpaired) electrons. The Morgan fingerprint density at radius 2 is 1.76 bits per heavy atom. The molecule has 0 spiro atoms. The summed E-state index contributed by atoms with van der Waals surface area (Å²) >= 11 is 0. The standard InChI is InChI=1S/C19H19NO5/c1-23-14-9-10-17(24-2)13(12-14)8-11-18(21)20-16-7-5-4-6-15(16)19(22)25-3/h4-12H,1-3H3,(H,20,21)/b11-8+. The molecule has 0 unspecified atom stereocenters. The van der Waals surface area contributed by atoms with Crippen LogP contribution in [0.4, 0.5) is 5.69 Å². The summed E-state index contributed by atoms with van der Waals surface area (Å²) < 4.78 is 15.1. The van der Waals surface area contributed by atoms with Crippen molar-refractivity contribution in [1.82, 2.24) is 0 Å². The minimum absolute atomic E-state index is 0.283. The number of benzene rings is 2. The zero-order chi connectivity index (χ0) is 18.2. The molecule has 0 saturated heterocycles. The van der Waals surface area contributed by atoms with Crippen molar-refractivity contribution in [2.75, 3.05) is 26.6 Å². The topological polar surface area (TPSA) is 73.9 Å². The van der Waals surface area contributed by atoms with Gasteiger partial charge in [-0.1, -0.05) is 12.1 Å². The molecule has 0 aliphatic carbocycles. The first kappa shape index (κ1) is 18.1. The number of amides is 1. The molecule has 0 aromatic heterocycles. The van der Waals surface area contributed by atoms with E-state index in [2.05, 4.69) is 5.32 Å². The van der Waals surface area contributed by atoms with E-state index in [4.69, 9.17) is 14.2 Å². The molecule has 25 heavy (non-hydrogen) atoms. The van der Waals surface area contributed by atoms with Crippen molar-refractivity contribution in [1.29, 1.82) is 0 Å². The smallest absolute Gasteiger partial charge is 0.339 e. The van der Waals surface area contributed by atoms with Crippen LogP contribution < -0.4 is 14.8 Å². The normalized spacial score (nSPS) is 10.4. The second-order valence-corrected chi connectivity index (χ2v) is 4.97. The number of anilines is 1. The maximum Gasteiger partial charge on any atom is 0.339 e. The second kappa shape index (κ2) is 8.54. The van der Waals surface area contributed by atoms with Crippen molar-refractivity contribution in [2.45, 2.75) is 0 Å². The van der Waals surface area contributed by atoms with Gasteiger partial charge in [-0.15, -0.1) is 0 Å². The second-order valence-electron chi connectivity index (χ2n) is 4.97. The molecule has 0 atom stereocenters. The van der Waals surface area contributed by atoms with Crippen molar-refractivity contribution in [2.24, 2.45) is 0 Å². The molecule has 2 rings (SSSR count). The van der Waals surface area contributed by atoms with Gasteiger partial charge in [-0.25, -0.2) is 4.79 Å². The van der Waals surface area contributed by atoms with E-state index < -0.39 is 5.97 Å². The van der Waals surface area contributed by atoms with Gasteiger partial charge >= 0.3 is 5.97 Å². The van der Waals surface area contributed by atoms with Gasteiger partial charge in [0.25, 0.3) is 0 Å². The summed E-state index contributed by atoms with van der Waals surface area (Å²) in [4.78, 5) is 23.9. The Morgan fingerprint density at radius 3 is 2.44 bits per heavy atom. The van der Waals surface area contributed by atoms with Gasteiger partial charge < -0.3 is 19.5 Å². The number of carbonyl (C=O) groups is 2. The number of hydrogen-bond donors (Lipinski definition) is 1. The minimum atomic E-state index is -0.519. The van der Waals surface area contributed by atoms with Crippen molar-refractivity contribution in [3.05, 3.63) is 59.7 Å². The fraction of sp³-hybridized carbons (Fsp3) is 0.158. The van der Waals surface area contributed by atoms with Gasteiger partial charge in [-0.3, -0.25) is 4.79 Å². The van der Waals surface area contributed by atoms with Crippen LogP contribution >= 0.6 is 0 Å². The lowest BCUT2D eigenvalue weighted by atomic mass is 10.1. The van der Waals surface area contributed by atoms with Crippen molar-refractivity contribution in [3.8, 4) is 11.5 Å². The number of esters is 1. The third kappa shape index (κ3) is 4.60. The van der Waals surface area contributed by atoms with Gasteiger partial charge in [0.1, 0.15) is 11.5 Å². The van der Waals surface area contributed by atoms with Crippen LogP contribution in [0.2, 0.25) is 0 Å². The molecule has 1 N–H and O–H groups in total. The number of methoxy groups -OCH3 is 3. The van der Waals surface area contributed by atoms with Crippen LogP contribution in [0.3, 0.4) is 0 Å². The van der Waals surface area contributed by atoms with Crippen LogP contribution in [-0.2, 0) is 9.53 Å². The lowest BCUT2D eigenvalue weighted by molar-refractivity contribution is -0.111. The number of hydrogen-bond acceptors (Lipinski definition) is 5. The number of nitrogens with one attached hydrogen (secondary N) is 1. The summed E-state index contributed by atoms with van der Waals surface area (Å²) in [6.07, 6.45) is 2.96. The van der Waals surface area contributed by atoms with E-state index in [1.165, 1.54) is 13.2 Å². The molecule has 6 heteroatoms. The van der Waals surface area contributed by atoms with Crippen molar-refractivity contribution < 1.29 is 23.8 Å². The lowest BCUT2D eigenvalue weighted by Crippen LogP contribution is -2.12. The highest BCUT2D eigenvalue weighted by atomic mass is 16.5. The molecular weight excluding hydrogens is 322 g/mol. The van der Waals surface area contributed by atoms with E-state index in [-0.39, 0.29) is 11.5 Å². The summed E-state index contributed by atoms with van der Waals surface area (Å²) in [5, 5.41) is 2.66. The van der Waals surface area contributed by atoms with Gasteiger partial charge in [-0.05, 0) is 36.4 Å². The molecular formula is C19H19NO5. The summed E-state index contributed by atoms with van der Waals surface area (Å²) in [5.74, 6) is 0.354. The van der Waals surface area contributed by atoms with E-state index in [9.17, 15) is 9.59 Å². The van der Waals surface area contributed by atoms with Crippen molar-refractivity contribution >= 4 is 23.6 Å². The van der Waals surface area contributed by atoms with Crippen LogP contribution in [0.1, 0.15) is 15.9 Å². The molecule has 0 fully saturated rings. The number of carbonyl (C=O) groups excluding carboxylic acids is 2. The van der Waals surface area contributed by atoms with Gasteiger partial charge in [0.2, 0.25) is 5.91 Å². The highest BCUT2D eigenvalue weighted by Gasteiger charge is 2.12. The molecule has 2 aromatic rings. The van der Waals surface area contributed by atoms with E-state index in [0.717, 1.165) is 0 Å². The molecule has 0 saturated carbocycles. The van der Waals surface area contributed by atoms with Crippen LogP contribution in [0.15, 0.2) is 48.5 Å². The summed E-state index contributed by atoms with van der Waals surface area (Å²) in [6, 6.07) is 11.9. The van der Waals surface area contributed by atoms with Gasteiger partial charge in [-0.2, -0.15) is 0 Å². The lowest BCUT2D eigenvalue weighted by Gasteiger charge is -2.08. The number of ether oxygens (including phenoxy) is 3. The first-order valence-corrected chi connectivity index (χ1v) is 7.47. The van der Waals surface area contributed by atoms with Gasteiger partial charge in [0.05, 0.1) is 32.6 Å². The van der Waals surface area contributed by atoms with Gasteiger partial charge in [0, 0.05) is 11.6 Å². The number of para-hydroxylation sites is 1. The minimum Gasteiger partial charge on any atom is -0.497 e. The Kier molecular flexibility index (Phi) is 6.17. The average Bonchev–Trinajstić information content (AvgIpc) is 2.65. The Bertz CT molecular complexity index is 798. The van der Waals surface area contributed by atoms with Crippen LogP contribution in [0.5, 0.6) is 11.5 Å². The largest absolute Gasteiger partial charge is 0.497 e. The zero-order valence-electron chi connectivity index (χ0n) is 14.2. The number of rotatable bonds is 6. The molecule has 0 aliphatic heterocycles. The Labute approximate surface area is 146 Å². The molecule has 1 amide bonds. The molecule has 0 aliphatic rings. The third-order valence-electron chi connectivity index (χ3n) is 3.44. The molecule has 0 heterocycles. The summed E-state index contributed by atoms with van der Waals surface area (Å²) in [5.41, 5.74) is 1.35. The summed E-state index contributed by atoms with van der Waals surface area (Å²) in [6.45, 7) is 0. The first-order chi connectivity index (χ1) is 12.1. The monoisotopic (exact) mass is 341 g/mol. The van der Waals surface area contributed by atoms with Crippen LogP contribution in [0, 0.1) is 0 Å². The SMILES string of the molecule is COC(=O)c1ccccc1NC(=O)/C=C/c1cc(OC)ccc1OC. The summed E-state index contributed by atoms with van der Waals surface area (Å²) in [7, 11) is 4.40. The molecule has 130 valence electrons. The third-order valence-corrected chi connectivity index (χ3v) is 3.44. The van der Waals surface area contributed by atoms with Gasteiger partial charge in [0.15, 0.2) is 0 Å². The van der Waals surface area contributed by atoms with E-state index in [1.54, 1.807) is 62.8 Å². The highest BCUT2D eigenvalue weighted by Crippen LogP contribution is 2.25. The maximum absolute atomic E-state index is 12.2.